The summed E-state index contributed by atoms with van der Waals surface area (Å²) in [6.45, 7) is 3.50. The van der Waals surface area contributed by atoms with Gasteiger partial charge in [-0.05, 0) is 61.7 Å². The highest BCUT2D eigenvalue weighted by molar-refractivity contribution is 5.93. The van der Waals surface area contributed by atoms with Gasteiger partial charge in [-0.25, -0.2) is 14.4 Å². The van der Waals surface area contributed by atoms with Gasteiger partial charge >= 0.3 is 0 Å². The van der Waals surface area contributed by atoms with Crippen LogP contribution < -0.4 is 10.2 Å². The lowest BCUT2D eigenvalue weighted by molar-refractivity contribution is -0.120. The fourth-order valence-electron chi connectivity index (χ4n) is 3.58. The molecule has 1 N–H and O–H groups in total. The van der Waals surface area contributed by atoms with Crippen LogP contribution in [0.2, 0.25) is 0 Å². The third-order valence-electron chi connectivity index (χ3n) is 5.34. The number of benzene rings is 2. The van der Waals surface area contributed by atoms with Crippen LogP contribution in [0.5, 0.6) is 0 Å². The molecule has 0 radical (unpaired) electrons. The van der Waals surface area contributed by atoms with Gasteiger partial charge in [-0.2, -0.15) is 0 Å². The monoisotopic (exact) mass is 390 g/mol. The molecule has 0 atom stereocenters. The molecule has 1 aliphatic rings. The van der Waals surface area contributed by atoms with Crippen molar-refractivity contribution >= 4 is 17.4 Å². The Bertz CT molecular complexity index is 998. The van der Waals surface area contributed by atoms with Crippen molar-refractivity contribution in [2.24, 2.45) is 5.92 Å². The molecule has 6 heteroatoms. The van der Waals surface area contributed by atoms with E-state index in [-0.39, 0.29) is 17.6 Å². The second-order valence-electron chi connectivity index (χ2n) is 7.31. The number of aryl methyl sites for hydroxylation is 1. The number of amides is 1. The van der Waals surface area contributed by atoms with Gasteiger partial charge in [0, 0.05) is 36.5 Å². The van der Waals surface area contributed by atoms with Crippen molar-refractivity contribution in [3.63, 3.8) is 0 Å². The van der Waals surface area contributed by atoms with E-state index in [1.165, 1.54) is 12.1 Å². The van der Waals surface area contributed by atoms with Gasteiger partial charge in [0.2, 0.25) is 5.91 Å². The SMILES string of the molecule is Cc1ccccc1NC(=O)C1CCN(c2ccnc(-c3ccc(F)cc3)n2)CC1. The van der Waals surface area contributed by atoms with Gasteiger partial charge in [-0.1, -0.05) is 18.2 Å². The van der Waals surface area contributed by atoms with E-state index in [0.29, 0.717) is 5.82 Å². The number of hydrogen-bond acceptors (Lipinski definition) is 4. The molecule has 2 heterocycles. The average Bonchev–Trinajstić information content (AvgIpc) is 2.76. The number of carbonyl (C=O) groups is 1. The number of rotatable bonds is 4. The van der Waals surface area contributed by atoms with E-state index in [1.54, 1.807) is 18.3 Å². The molecule has 0 bridgehead atoms. The number of halogens is 1. The van der Waals surface area contributed by atoms with Crippen LogP contribution in [0, 0.1) is 18.7 Å². The molecule has 1 aromatic heterocycles. The van der Waals surface area contributed by atoms with Crippen molar-refractivity contribution < 1.29 is 9.18 Å². The van der Waals surface area contributed by atoms with E-state index in [4.69, 9.17) is 0 Å². The molecule has 4 rings (SSSR count). The zero-order chi connectivity index (χ0) is 20.2. The topological polar surface area (TPSA) is 58.1 Å². The number of nitrogens with one attached hydrogen (secondary N) is 1. The molecule has 0 unspecified atom stereocenters. The molecule has 29 heavy (non-hydrogen) atoms. The van der Waals surface area contributed by atoms with Crippen LogP contribution in [0.15, 0.2) is 60.8 Å². The minimum atomic E-state index is -0.282. The summed E-state index contributed by atoms with van der Waals surface area (Å²) < 4.78 is 13.2. The largest absolute Gasteiger partial charge is 0.356 e. The first-order chi connectivity index (χ1) is 14.1. The third kappa shape index (κ3) is 4.42. The van der Waals surface area contributed by atoms with E-state index in [1.807, 2.05) is 37.3 Å². The zero-order valence-corrected chi connectivity index (χ0v) is 16.3. The van der Waals surface area contributed by atoms with Crippen LogP contribution in [0.25, 0.3) is 11.4 Å². The molecule has 1 saturated heterocycles. The molecule has 1 amide bonds. The molecule has 5 nitrogen and oxygen atoms in total. The number of carbonyl (C=O) groups excluding carboxylic acids is 1. The summed E-state index contributed by atoms with van der Waals surface area (Å²) in [7, 11) is 0. The van der Waals surface area contributed by atoms with Crippen molar-refractivity contribution in [2.75, 3.05) is 23.3 Å². The number of hydrogen-bond donors (Lipinski definition) is 1. The molecule has 0 saturated carbocycles. The molecule has 1 aliphatic heterocycles. The van der Waals surface area contributed by atoms with Crippen LogP contribution >= 0.6 is 0 Å². The summed E-state index contributed by atoms with van der Waals surface area (Å²) in [6, 6.07) is 15.9. The first-order valence-corrected chi connectivity index (χ1v) is 9.80. The Morgan fingerprint density at radius 1 is 1.07 bits per heavy atom. The maximum absolute atomic E-state index is 13.2. The Labute approximate surface area is 169 Å². The number of anilines is 2. The maximum atomic E-state index is 13.2. The Morgan fingerprint density at radius 3 is 2.52 bits per heavy atom. The van der Waals surface area contributed by atoms with Gasteiger partial charge in [-0.15, -0.1) is 0 Å². The summed E-state index contributed by atoms with van der Waals surface area (Å²) in [5, 5.41) is 3.06. The normalized spacial score (nSPS) is 14.6. The summed E-state index contributed by atoms with van der Waals surface area (Å²) >= 11 is 0. The third-order valence-corrected chi connectivity index (χ3v) is 5.34. The Kier molecular flexibility index (Phi) is 5.51. The number of aromatic nitrogens is 2. The summed E-state index contributed by atoms with van der Waals surface area (Å²) in [5.41, 5.74) is 2.72. The first-order valence-electron chi connectivity index (χ1n) is 9.80. The van der Waals surface area contributed by atoms with Crippen LogP contribution in [-0.2, 0) is 4.79 Å². The van der Waals surface area contributed by atoms with Crippen LogP contribution in [0.4, 0.5) is 15.9 Å². The summed E-state index contributed by atoms with van der Waals surface area (Å²) in [4.78, 5) is 23.8. The molecular weight excluding hydrogens is 367 g/mol. The molecule has 0 spiro atoms. The highest BCUT2D eigenvalue weighted by Gasteiger charge is 2.26. The van der Waals surface area contributed by atoms with Crippen molar-refractivity contribution in [1.29, 1.82) is 0 Å². The van der Waals surface area contributed by atoms with Gasteiger partial charge in [0.05, 0.1) is 0 Å². The molecule has 0 aliphatic carbocycles. The predicted molar refractivity (Wildman–Crippen MR) is 112 cm³/mol. The van der Waals surface area contributed by atoms with Crippen molar-refractivity contribution in [3.05, 3.63) is 72.2 Å². The molecule has 148 valence electrons. The second kappa shape index (κ2) is 8.39. The van der Waals surface area contributed by atoms with Gasteiger partial charge < -0.3 is 10.2 Å². The van der Waals surface area contributed by atoms with Gasteiger partial charge in [-0.3, -0.25) is 4.79 Å². The quantitative estimate of drug-likeness (QED) is 0.715. The summed E-state index contributed by atoms with van der Waals surface area (Å²) in [6.07, 6.45) is 3.26. The van der Waals surface area contributed by atoms with Gasteiger partial charge in [0.1, 0.15) is 11.6 Å². The van der Waals surface area contributed by atoms with Gasteiger partial charge in [0.15, 0.2) is 5.82 Å². The number of piperidine rings is 1. The van der Waals surface area contributed by atoms with Crippen LogP contribution in [0.1, 0.15) is 18.4 Å². The highest BCUT2D eigenvalue weighted by atomic mass is 19.1. The second-order valence-corrected chi connectivity index (χ2v) is 7.31. The number of para-hydroxylation sites is 1. The zero-order valence-electron chi connectivity index (χ0n) is 16.3. The van der Waals surface area contributed by atoms with Crippen LogP contribution in [0.3, 0.4) is 0 Å². The van der Waals surface area contributed by atoms with E-state index in [9.17, 15) is 9.18 Å². The molecule has 3 aromatic rings. The maximum Gasteiger partial charge on any atom is 0.227 e. The lowest BCUT2D eigenvalue weighted by atomic mass is 9.95. The number of nitrogens with zero attached hydrogens (tertiary/aromatic N) is 3. The van der Waals surface area contributed by atoms with E-state index in [0.717, 1.165) is 48.6 Å². The molecule has 2 aromatic carbocycles. The Hall–Kier alpha value is -3.28. The van der Waals surface area contributed by atoms with Crippen molar-refractivity contribution in [2.45, 2.75) is 19.8 Å². The predicted octanol–water partition coefficient (Wildman–Crippen LogP) is 4.45. The Balaban J connectivity index is 1.39. The fourth-order valence-corrected chi connectivity index (χ4v) is 3.58. The van der Waals surface area contributed by atoms with Gasteiger partial charge in [0.25, 0.3) is 0 Å². The highest BCUT2D eigenvalue weighted by Crippen LogP contribution is 2.25. The Morgan fingerprint density at radius 2 is 1.79 bits per heavy atom. The van der Waals surface area contributed by atoms with Crippen molar-refractivity contribution in [3.8, 4) is 11.4 Å². The standard InChI is InChI=1S/C23H23FN4O/c1-16-4-2-3-5-20(16)26-23(29)18-11-14-28(15-12-18)21-10-13-25-22(27-21)17-6-8-19(24)9-7-17/h2-10,13,18H,11-12,14-15H2,1H3,(H,26,29). The first kappa shape index (κ1) is 19.1. The lowest BCUT2D eigenvalue weighted by Crippen LogP contribution is -2.38. The smallest absolute Gasteiger partial charge is 0.227 e. The lowest BCUT2D eigenvalue weighted by Gasteiger charge is -2.32. The minimum absolute atomic E-state index is 0.00994. The molecular formula is C23H23FN4O. The van der Waals surface area contributed by atoms with Crippen LogP contribution in [-0.4, -0.2) is 29.0 Å². The molecule has 1 fully saturated rings. The van der Waals surface area contributed by atoms with E-state index in [2.05, 4.69) is 20.2 Å². The van der Waals surface area contributed by atoms with E-state index < -0.39 is 0 Å². The fraction of sp³-hybridized carbons (Fsp3) is 0.261. The summed E-state index contributed by atoms with van der Waals surface area (Å²) in [5.74, 6) is 1.19. The van der Waals surface area contributed by atoms with Crippen molar-refractivity contribution in [1.82, 2.24) is 9.97 Å². The minimum Gasteiger partial charge on any atom is -0.356 e. The average molecular weight is 390 g/mol. The van der Waals surface area contributed by atoms with E-state index >= 15 is 0 Å².